The van der Waals surface area contributed by atoms with Crippen molar-refractivity contribution in [2.45, 2.75) is 19.8 Å². The van der Waals surface area contributed by atoms with Gasteiger partial charge in [0.2, 0.25) is 0 Å². The van der Waals surface area contributed by atoms with Crippen molar-refractivity contribution in [1.82, 2.24) is 14.7 Å². The standard InChI is InChI=1S/C13H20ClN3O2/c1-3-6-19-9-10-4-5-17(7-10)13(18)12-11(14)8-16(2)15-12/h8,10H,3-7,9H2,1-2H3. The zero-order valence-electron chi connectivity index (χ0n) is 11.4. The second kappa shape index (κ2) is 6.39. The predicted molar refractivity (Wildman–Crippen MR) is 73.3 cm³/mol. The van der Waals surface area contributed by atoms with Crippen LogP contribution >= 0.6 is 11.6 Å². The van der Waals surface area contributed by atoms with E-state index in [-0.39, 0.29) is 5.91 Å². The Bertz CT molecular complexity index is 447. The van der Waals surface area contributed by atoms with Crippen LogP contribution in [0, 0.1) is 5.92 Å². The molecule has 0 aromatic carbocycles. The van der Waals surface area contributed by atoms with E-state index in [1.165, 1.54) is 0 Å². The maximum absolute atomic E-state index is 12.3. The number of aryl methyl sites for hydroxylation is 1. The Labute approximate surface area is 118 Å². The van der Waals surface area contributed by atoms with Gasteiger partial charge in [-0.15, -0.1) is 0 Å². The van der Waals surface area contributed by atoms with Crippen LogP contribution in [0.4, 0.5) is 0 Å². The van der Waals surface area contributed by atoms with Crippen molar-refractivity contribution >= 4 is 17.5 Å². The van der Waals surface area contributed by atoms with E-state index in [0.29, 0.717) is 16.6 Å². The third kappa shape index (κ3) is 3.48. The van der Waals surface area contributed by atoms with Crippen LogP contribution < -0.4 is 0 Å². The molecule has 0 aliphatic carbocycles. The molecule has 1 aliphatic heterocycles. The van der Waals surface area contributed by atoms with Gasteiger partial charge in [0.1, 0.15) is 0 Å². The highest BCUT2D eigenvalue weighted by Crippen LogP contribution is 2.21. The molecular weight excluding hydrogens is 266 g/mol. The Balaban J connectivity index is 1.90. The number of amides is 1. The van der Waals surface area contributed by atoms with Crippen LogP contribution in [0.15, 0.2) is 6.20 Å². The number of carbonyl (C=O) groups is 1. The number of hydrogen-bond acceptors (Lipinski definition) is 3. The first kappa shape index (κ1) is 14.3. The maximum atomic E-state index is 12.3. The van der Waals surface area contributed by atoms with Gasteiger partial charge in [-0.1, -0.05) is 18.5 Å². The fraction of sp³-hybridized carbons (Fsp3) is 0.692. The summed E-state index contributed by atoms with van der Waals surface area (Å²) in [5.74, 6) is 0.349. The summed E-state index contributed by atoms with van der Waals surface area (Å²) in [6.07, 6.45) is 3.66. The number of rotatable bonds is 5. The number of hydrogen-bond donors (Lipinski definition) is 0. The van der Waals surface area contributed by atoms with Crippen molar-refractivity contribution in [3.05, 3.63) is 16.9 Å². The fourth-order valence-corrected chi connectivity index (χ4v) is 2.56. The van der Waals surface area contributed by atoms with E-state index in [4.69, 9.17) is 16.3 Å². The normalized spacial score (nSPS) is 19.1. The van der Waals surface area contributed by atoms with Crippen molar-refractivity contribution in [2.24, 2.45) is 13.0 Å². The lowest BCUT2D eigenvalue weighted by Gasteiger charge is -2.15. The predicted octanol–water partition coefficient (Wildman–Crippen LogP) is 1.96. The Morgan fingerprint density at radius 3 is 3.05 bits per heavy atom. The highest BCUT2D eigenvalue weighted by molar-refractivity contribution is 6.33. The van der Waals surface area contributed by atoms with Gasteiger partial charge >= 0.3 is 0 Å². The van der Waals surface area contributed by atoms with E-state index in [9.17, 15) is 4.79 Å². The quantitative estimate of drug-likeness (QED) is 0.777. The van der Waals surface area contributed by atoms with Crippen molar-refractivity contribution in [2.75, 3.05) is 26.3 Å². The highest BCUT2D eigenvalue weighted by atomic mass is 35.5. The molecule has 0 radical (unpaired) electrons. The molecule has 5 nitrogen and oxygen atoms in total. The molecule has 2 rings (SSSR count). The lowest BCUT2D eigenvalue weighted by molar-refractivity contribution is 0.0748. The first-order valence-corrected chi connectivity index (χ1v) is 7.05. The molecule has 0 spiro atoms. The van der Waals surface area contributed by atoms with Crippen LogP contribution in [0.1, 0.15) is 30.3 Å². The Kier molecular flexibility index (Phi) is 4.82. The minimum atomic E-state index is -0.0800. The molecule has 1 saturated heterocycles. The summed E-state index contributed by atoms with van der Waals surface area (Å²) in [5, 5.41) is 4.53. The zero-order chi connectivity index (χ0) is 13.8. The largest absolute Gasteiger partial charge is 0.381 e. The summed E-state index contributed by atoms with van der Waals surface area (Å²) in [7, 11) is 1.76. The van der Waals surface area contributed by atoms with Crippen LogP contribution in [-0.4, -0.2) is 46.9 Å². The van der Waals surface area contributed by atoms with Gasteiger partial charge in [0.15, 0.2) is 5.69 Å². The van der Waals surface area contributed by atoms with Crippen molar-refractivity contribution in [1.29, 1.82) is 0 Å². The molecule has 1 unspecified atom stereocenters. The number of aromatic nitrogens is 2. The van der Waals surface area contributed by atoms with Gasteiger partial charge in [-0.3, -0.25) is 9.48 Å². The summed E-state index contributed by atoms with van der Waals surface area (Å²) < 4.78 is 7.11. The smallest absolute Gasteiger partial charge is 0.275 e. The maximum Gasteiger partial charge on any atom is 0.275 e. The first-order chi connectivity index (χ1) is 9.11. The fourth-order valence-electron chi connectivity index (χ4n) is 2.30. The number of nitrogens with zero attached hydrogens (tertiary/aromatic N) is 3. The van der Waals surface area contributed by atoms with Gasteiger partial charge in [-0.25, -0.2) is 0 Å². The van der Waals surface area contributed by atoms with Crippen LogP contribution in [0.5, 0.6) is 0 Å². The van der Waals surface area contributed by atoms with E-state index >= 15 is 0 Å². The summed E-state index contributed by atoms with van der Waals surface area (Å²) in [6.45, 7) is 5.10. The third-order valence-electron chi connectivity index (χ3n) is 3.26. The topological polar surface area (TPSA) is 47.4 Å². The van der Waals surface area contributed by atoms with Gasteiger partial charge in [-0.2, -0.15) is 5.10 Å². The van der Waals surface area contributed by atoms with Crippen molar-refractivity contribution in [3.63, 3.8) is 0 Å². The minimum Gasteiger partial charge on any atom is -0.381 e. The molecule has 19 heavy (non-hydrogen) atoms. The molecule has 0 bridgehead atoms. The summed E-state index contributed by atoms with van der Waals surface area (Å²) in [4.78, 5) is 14.1. The summed E-state index contributed by atoms with van der Waals surface area (Å²) >= 11 is 6.00. The van der Waals surface area contributed by atoms with E-state index in [2.05, 4.69) is 12.0 Å². The van der Waals surface area contributed by atoms with E-state index < -0.39 is 0 Å². The monoisotopic (exact) mass is 285 g/mol. The molecule has 1 aromatic heterocycles. The Morgan fingerprint density at radius 1 is 1.63 bits per heavy atom. The third-order valence-corrected chi connectivity index (χ3v) is 3.54. The van der Waals surface area contributed by atoms with E-state index in [0.717, 1.165) is 39.1 Å². The molecule has 1 aliphatic rings. The average Bonchev–Trinajstić information content (AvgIpc) is 2.96. The lowest BCUT2D eigenvalue weighted by Crippen LogP contribution is -2.30. The number of carbonyl (C=O) groups excluding carboxylic acids is 1. The van der Waals surface area contributed by atoms with Crippen LogP contribution in [0.25, 0.3) is 0 Å². The molecule has 1 fully saturated rings. The molecule has 1 atom stereocenters. The van der Waals surface area contributed by atoms with Crippen LogP contribution in [0.2, 0.25) is 5.02 Å². The first-order valence-electron chi connectivity index (χ1n) is 6.68. The van der Waals surface area contributed by atoms with Gasteiger partial charge < -0.3 is 9.64 Å². The molecule has 6 heteroatoms. The molecule has 2 heterocycles. The lowest BCUT2D eigenvalue weighted by atomic mass is 10.1. The van der Waals surface area contributed by atoms with Crippen LogP contribution in [0.3, 0.4) is 0 Å². The second-order valence-electron chi connectivity index (χ2n) is 4.98. The molecular formula is C13H20ClN3O2. The minimum absolute atomic E-state index is 0.0800. The highest BCUT2D eigenvalue weighted by Gasteiger charge is 2.29. The average molecular weight is 286 g/mol. The summed E-state index contributed by atoms with van der Waals surface area (Å²) in [5.41, 5.74) is 0.347. The summed E-state index contributed by atoms with van der Waals surface area (Å²) in [6, 6.07) is 0. The Morgan fingerprint density at radius 2 is 2.42 bits per heavy atom. The number of likely N-dealkylation sites (tertiary alicyclic amines) is 1. The van der Waals surface area contributed by atoms with Gasteiger partial charge in [0.25, 0.3) is 5.91 Å². The van der Waals surface area contributed by atoms with Crippen LogP contribution in [-0.2, 0) is 11.8 Å². The van der Waals surface area contributed by atoms with Crippen molar-refractivity contribution in [3.8, 4) is 0 Å². The molecule has 0 N–H and O–H groups in total. The Hall–Kier alpha value is -1.07. The molecule has 1 amide bonds. The zero-order valence-corrected chi connectivity index (χ0v) is 12.2. The number of halogens is 1. The molecule has 1 aromatic rings. The molecule has 0 saturated carbocycles. The van der Waals surface area contributed by atoms with E-state index in [1.807, 2.05) is 4.90 Å². The number of ether oxygens (including phenoxy) is 1. The van der Waals surface area contributed by atoms with Gasteiger partial charge in [0.05, 0.1) is 11.6 Å². The van der Waals surface area contributed by atoms with Gasteiger partial charge in [0, 0.05) is 38.9 Å². The van der Waals surface area contributed by atoms with Gasteiger partial charge in [-0.05, 0) is 12.8 Å². The van der Waals surface area contributed by atoms with Crippen molar-refractivity contribution < 1.29 is 9.53 Å². The second-order valence-corrected chi connectivity index (χ2v) is 5.39. The molecule has 106 valence electrons. The van der Waals surface area contributed by atoms with E-state index in [1.54, 1.807) is 17.9 Å². The SMILES string of the molecule is CCCOCC1CCN(C(=O)c2nn(C)cc2Cl)C1.